The molecule has 0 bridgehead atoms. The van der Waals surface area contributed by atoms with Gasteiger partial charge in [-0.2, -0.15) is 0 Å². The third-order valence-electron chi connectivity index (χ3n) is 1.89. The first kappa shape index (κ1) is 8.11. The van der Waals surface area contributed by atoms with Crippen molar-refractivity contribution in [2.75, 3.05) is 13.1 Å². The van der Waals surface area contributed by atoms with Crippen molar-refractivity contribution in [2.45, 2.75) is 19.4 Å². The van der Waals surface area contributed by atoms with Crippen LogP contribution in [0.15, 0.2) is 12.7 Å². The van der Waals surface area contributed by atoms with E-state index >= 15 is 0 Å². The van der Waals surface area contributed by atoms with E-state index in [0.717, 1.165) is 19.5 Å². The Labute approximate surface area is 67.1 Å². The summed E-state index contributed by atoms with van der Waals surface area (Å²) in [5.74, 6) is 0. The minimum absolute atomic E-state index is 0.0550. The van der Waals surface area contributed by atoms with Gasteiger partial charge in [0.05, 0.1) is 6.04 Å². The lowest BCUT2D eigenvalue weighted by atomic mass is 10.2. The highest BCUT2D eigenvalue weighted by Crippen LogP contribution is 2.06. The minimum atomic E-state index is 0.0550. The Morgan fingerprint density at radius 3 is 3.09 bits per heavy atom. The van der Waals surface area contributed by atoms with Crippen molar-refractivity contribution in [3.8, 4) is 0 Å². The lowest BCUT2D eigenvalue weighted by Gasteiger charge is -2.09. The van der Waals surface area contributed by atoms with Gasteiger partial charge in [0.1, 0.15) is 0 Å². The van der Waals surface area contributed by atoms with Crippen LogP contribution in [0, 0.1) is 0 Å². The zero-order chi connectivity index (χ0) is 8.27. The molecule has 62 valence electrons. The van der Waals surface area contributed by atoms with E-state index in [1.54, 1.807) is 4.90 Å². The average Bonchev–Trinajstić information content (AvgIpc) is 2.32. The Morgan fingerprint density at radius 1 is 1.91 bits per heavy atom. The summed E-state index contributed by atoms with van der Waals surface area (Å²) in [5, 5.41) is 2.87. The molecule has 3 nitrogen and oxygen atoms in total. The number of rotatable bonds is 3. The first-order valence-corrected chi connectivity index (χ1v) is 3.94. The van der Waals surface area contributed by atoms with Gasteiger partial charge in [0.25, 0.3) is 0 Å². The van der Waals surface area contributed by atoms with Crippen LogP contribution < -0.4 is 5.32 Å². The summed E-state index contributed by atoms with van der Waals surface area (Å²) >= 11 is 0. The van der Waals surface area contributed by atoms with Crippen molar-refractivity contribution in [3.63, 3.8) is 0 Å². The van der Waals surface area contributed by atoms with Crippen molar-refractivity contribution in [1.29, 1.82) is 0 Å². The van der Waals surface area contributed by atoms with Crippen LogP contribution in [-0.2, 0) is 0 Å². The molecule has 1 fully saturated rings. The lowest BCUT2D eigenvalue weighted by Crippen LogP contribution is -2.28. The number of hydrogen-bond donors (Lipinski definition) is 1. The van der Waals surface area contributed by atoms with Gasteiger partial charge in [-0.3, -0.25) is 0 Å². The van der Waals surface area contributed by atoms with Crippen LogP contribution in [-0.4, -0.2) is 30.1 Å². The summed E-state index contributed by atoms with van der Waals surface area (Å²) in [7, 11) is 0. The van der Waals surface area contributed by atoms with Crippen LogP contribution in [0.5, 0.6) is 0 Å². The molecule has 0 aromatic carbocycles. The molecule has 11 heavy (non-hydrogen) atoms. The normalized spacial score (nSPS) is 23.5. The number of carbonyl (C=O) groups excluding carboxylic acids is 1. The van der Waals surface area contributed by atoms with E-state index in [2.05, 4.69) is 11.9 Å². The average molecular weight is 154 g/mol. The molecule has 0 saturated carbocycles. The van der Waals surface area contributed by atoms with Gasteiger partial charge in [-0.15, -0.1) is 6.58 Å². The lowest BCUT2D eigenvalue weighted by molar-refractivity contribution is 0.219. The van der Waals surface area contributed by atoms with Gasteiger partial charge in [-0.25, -0.2) is 4.79 Å². The van der Waals surface area contributed by atoms with Gasteiger partial charge in [0, 0.05) is 13.1 Å². The number of likely N-dealkylation sites (N-methyl/N-ethyl adjacent to an activating group) is 1. The fraction of sp³-hybridized carbons (Fsp3) is 0.625. The molecule has 1 N–H and O–H groups in total. The summed E-state index contributed by atoms with van der Waals surface area (Å²) in [4.78, 5) is 12.9. The highest BCUT2D eigenvalue weighted by Gasteiger charge is 2.25. The first-order chi connectivity index (χ1) is 5.27. The summed E-state index contributed by atoms with van der Waals surface area (Å²) in [6, 6.07) is 0.333. The molecule has 2 amide bonds. The van der Waals surface area contributed by atoms with E-state index in [0.29, 0.717) is 0 Å². The third-order valence-corrected chi connectivity index (χ3v) is 1.89. The highest BCUT2D eigenvalue weighted by molar-refractivity contribution is 5.76. The van der Waals surface area contributed by atoms with Crippen LogP contribution >= 0.6 is 0 Å². The van der Waals surface area contributed by atoms with E-state index in [-0.39, 0.29) is 12.1 Å². The van der Waals surface area contributed by atoms with Crippen molar-refractivity contribution in [3.05, 3.63) is 12.7 Å². The van der Waals surface area contributed by atoms with E-state index in [4.69, 9.17) is 0 Å². The number of amides is 2. The summed E-state index contributed by atoms with van der Waals surface area (Å²) < 4.78 is 0. The quantitative estimate of drug-likeness (QED) is 0.604. The summed E-state index contributed by atoms with van der Waals surface area (Å²) in [6.07, 6.45) is 2.70. The molecule has 1 atom stereocenters. The van der Waals surface area contributed by atoms with Gasteiger partial charge >= 0.3 is 6.03 Å². The van der Waals surface area contributed by atoms with E-state index < -0.39 is 0 Å². The number of urea groups is 1. The molecule has 1 aliphatic rings. The second-order valence-corrected chi connectivity index (χ2v) is 2.71. The number of nitrogens with one attached hydrogen (secondary N) is 1. The first-order valence-electron chi connectivity index (χ1n) is 3.94. The predicted octanol–water partition coefficient (Wildman–Crippen LogP) is 0.976. The molecule has 0 spiro atoms. The Balaban J connectivity index is 2.42. The smallest absolute Gasteiger partial charge is 0.317 e. The Morgan fingerprint density at radius 2 is 2.64 bits per heavy atom. The van der Waals surface area contributed by atoms with Crippen molar-refractivity contribution in [2.24, 2.45) is 0 Å². The minimum Gasteiger partial charge on any atom is -0.333 e. The number of nitrogens with zero attached hydrogens (tertiary/aromatic N) is 1. The molecule has 1 heterocycles. The number of hydrogen-bond acceptors (Lipinski definition) is 1. The molecule has 1 unspecified atom stereocenters. The van der Waals surface area contributed by atoms with Gasteiger partial charge < -0.3 is 10.2 Å². The zero-order valence-electron chi connectivity index (χ0n) is 6.84. The zero-order valence-corrected chi connectivity index (χ0v) is 6.84. The van der Waals surface area contributed by atoms with E-state index in [1.807, 2.05) is 13.0 Å². The molecule has 3 heteroatoms. The Kier molecular flexibility index (Phi) is 2.52. The largest absolute Gasteiger partial charge is 0.333 e. The third kappa shape index (κ3) is 1.73. The van der Waals surface area contributed by atoms with Crippen molar-refractivity contribution < 1.29 is 4.79 Å². The molecule has 0 radical (unpaired) electrons. The molecular weight excluding hydrogens is 140 g/mol. The van der Waals surface area contributed by atoms with Gasteiger partial charge in [0.15, 0.2) is 0 Å². The number of carbonyl (C=O) groups is 1. The maximum absolute atomic E-state index is 11.1. The second-order valence-electron chi connectivity index (χ2n) is 2.71. The monoisotopic (exact) mass is 154 g/mol. The van der Waals surface area contributed by atoms with Crippen LogP contribution in [0.3, 0.4) is 0 Å². The molecular formula is C8H14N2O. The van der Waals surface area contributed by atoms with Crippen LogP contribution in [0.2, 0.25) is 0 Å². The van der Waals surface area contributed by atoms with Crippen LogP contribution in [0.1, 0.15) is 13.3 Å². The molecule has 0 aromatic heterocycles. The molecule has 1 saturated heterocycles. The Hall–Kier alpha value is -0.990. The van der Waals surface area contributed by atoms with Gasteiger partial charge in [-0.05, 0) is 13.3 Å². The molecule has 0 aromatic rings. The fourth-order valence-corrected chi connectivity index (χ4v) is 1.27. The highest BCUT2D eigenvalue weighted by atomic mass is 16.2. The maximum Gasteiger partial charge on any atom is 0.317 e. The fourth-order valence-electron chi connectivity index (χ4n) is 1.27. The SMILES string of the molecule is C=CCC1CN(CC)C(=O)N1. The maximum atomic E-state index is 11.1. The second kappa shape index (κ2) is 3.42. The summed E-state index contributed by atoms with van der Waals surface area (Å²) in [5.41, 5.74) is 0. The molecule has 1 aliphatic heterocycles. The summed E-state index contributed by atoms with van der Waals surface area (Å²) in [6.45, 7) is 7.22. The van der Waals surface area contributed by atoms with Crippen LogP contribution in [0.25, 0.3) is 0 Å². The standard InChI is InChI=1S/C8H14N2O/c1-3-5-7-6-10(4-2)8(11)9-7/h3,7H,1,4-6H2,2H3,(H,9,11). The van der Waals surface area contributed by atoms with Gasteiger partial charge in [0.2, 0.25) is 0 Å². The van der Waals surface area contributed by atoms with Crippen molar-refractivity contribution >= 4 is 6.03 Å². The predicted molar refractivity (Wildman–Crippen MR) is 44.4 cm³/mol. The van der Waals surface area contributed by atoms with E-state index in [9.17, 15) is 4.79 Å². The topological polar surface area (TPSA) is 32.3 Å². The molecule has 1 rings (SSSR count). The van der Waals surface area contributed by atoms with E-state index in [1.165, 1.54) is 0 Å². The van der Waals surface area contributed by atoms with Crippen LogP contribution in [0.4, 0.5) is 4.79 Å². The Bertz CT molecular complexity index is 167. The van der Waals surface area contributed by atoms with Crippen molar-refractivity contribution in [1.82, 2.24) is 10.2 Å². The van der Waals surface area contributed by atoms with Gasteiger partial charge in [-0.1, -0.05) is 6.08 Å². The molecule has 0 aliphatic carbocycles.